The molecule has 0 spiro atoms. The van der Waals surface area contributed by atoms with Gasteiger partial charge in [0.05, 0.1) is 22.8 Å². The molecule has 46 heavy (non-hydrogen) atoms. The van der Waals surface area contributed by atoms with Gasteiger partial charge in [0.15, 0.2) is 17.9 Å². The average molecular weight is 633 g/mol. The number of rotatable bonds is 13. The molecule has 3 aromatic rings. The van der Waals surface area contributed by atoms with Crippen LogP contribution in [-0.4, -0.2) is 73.1 Å². The van der Waals surface area contributed by atoms with Crippen LogP contribution in [-0.2, 0) is 9.47 Å². The Morgan fingerprint density at radius 1 is 0.848 bits per heavy atom. The minimum Gasteiger partial charge on any atom is -0.507 e. The molecule has 0 saturated carbocycles. The van der Waals surface area contributed by atoms with E-state index in [1.807, 2.05) is 36.4 Å². The van der Waals surface area contributed by atoms with Gasteiger partial charge in [0.25, 0.3) is 0 Å². The summed E-state index contributed by atoms with van der Waals surface area (Å²) in [6.07, 6.45) is 7.89. The highest BCUT2D eigenvalue weighted by Gasteiger charge is 2.42. The Labute approximate surface area is 272 Å². The fraction of sp³-hybridized carbons (Fsp3) is 0.556. The van der Waals surface area contributed by atoms with Crippen molar-refractivity contribution in [3.8, 4) is 17.0 Å². The normalized spacial score (nSPS) is 20.2. The van der Waals surface area contributed by atoms with Crippen LogP contribution in [0.4, 0.5) is 27.3 Å². The largest absolute Gasteiger partial charge is 0.507 e. The molecular formula is C36H49FN6O3. The summed E-state index contributed by atoms with van der Waals surface area (Å²) in [5, 5.41) is 18.9. The number of nitrogens with zero attached hydrogens (tertiary/aromatic N) is 5. The van der Waals surface area contributed by atoms with Crippen molar-refractivity contribution in [3.63, 3.8) is 0 Å². The SMILES string of the molecule is CCCCOC(OCCCC)C1CCN(c2cccc(N3C4CCC3CN(c3cc(-c5ccccc5O)nnc3N)C4)c2F)CC1. The zero-order chi connectivity index (χ0) is 32.0. The second-order valence-corrected chi connectivity index (χ2v) is 13.0. The number of aromatic nitrogens is 2. The average Bonchev–Trinajstić information content (AvgIpc) is 3.33. The van der Waals surface area contributed by atoms with E-state index in [2.05, 4.69) is 38.7 Å². The van der Waals surface area contributed by atoms with Gasteiger partial charge in [-0.3, -0.25) is 0 Å². The molecule has 3 aliphatic heterocycles. The number of piperidine rings is 1. The van der Waals surface area contributed by atoms with E-state index in [-0.39, 0.29) is 29.9 Å². The number of ether oxygens (including phenoxy) is 2. The van der Waals surface area contributed by atoms with Crippen molar-refractivity contribution in [1.82, 2.24) is 10.2 Å². The van der Waals surface area contributed by atoms with Crippen molar-refractivity contribution < 1.29 is 19.0 Å². The number of aromatic hydroxyl groups is 1. The van der Waals surface area contributed by atoms with E-state index in [1.54, 1.807) is 12.1 Å². The van der Waals surface area contributed by atoms with Crippen LogP contribution >= 0.6 is 0 Å². The van der Waals surface area contributed by atoms with Crippen LogP contribution < -0.4 is 20.4 Å². The molecule has 1 aromatic heterocycles. The predicted octanol–water partition coefficient (Wildman–Crippen LogP) is 6.60. The maximum absolute atomic E-state index is 16.4. The maximum atomic E-state index is 16.4. The molecule has 0 amide bonds. The molecule has 4 heterocycles. The number of phenolic OH excluding ortho intramolecular Hbond substituents is 1. The number of anilines is 4. The summed E-state index contributed by atoms with van der Waals surface area (Å²) in [6.45, 7) is 8.77. The molecule has 2 unspecified atom stereocenters. The number of piperazine rings is 1. The first-order valence-corrected chi connectivity index (χ1v) is 17.2. The van der Waals surface area contributed by atoms with Crippen LogP contribution in [0.5, 0.6) is 5.75 Å². The summed E-state index contributed by atoms with van der Waals surface area (Å²) >= 11 is 0. The number of phenols is 1. The van der Waals surface area contributed by atoms with Crippen molar-refractivity contribution in [2.24, 2.45) is 5.92 Å². The van der Waals surface area contributed by atoms with Gasteiger partial charge in [-0.1, -0.05) is 44.9 Å². The van der Waals surface area contributed by atoms with E-state index in [0.717, 1.165) is 83.4 Å². The van der Waals surface area contributed by atoms with Crippen molar-refractivity contribution in [3.05, 3.63) is 54.3 Å². The first kappa shape index (κ1) is 32.3. The Bertz CT molecular complexity index is 1430. The van der Waals surface area contributed by atoms with Gasteiger partial charge in [0.1, 0.15) is 5.75 Å². The van der Waals surface area contributed by atoms with Gasteiger partial charge in [-0.15, -0.1) is 10.2 Å². The molecule has 9 nitrogen and oxygen atoms in total. The van der Waals surface area contributed by atoms with Crippen molar-refractivity contribution in [1.29, 1.82) is 0 Å². The lowest BCUT2D eigenvalue weighted by Crippen LogP contribution is -2.54. The van der Waals surface area contributed by atoms with Gasteiger partial charge >= 0.3 is 0 Å². The van der Waals surface area contributed by atoms with Crippen LogP contribution in [0.3, 0.4) is 0 Å². The van der Waals surface area contributed by atoms with E-state index in [9.17, 15) is 5.11 Å². The standard InChI is InChI=1S/C36H49FN6O3/c1-3-5-20-45-36(46-21-6-4-2)25-16-18-41(19-17-25)30-11-9-12-31(34(30)37)43-26-14-15-27(43)24-42(23-26)32-22-29(39-40-35(32)38)28-10-7-8-13-33(28)44/h7-13,22,25-27,36,44H,3-6,14-21,23-24H2,1-2H3,(H2,38,40). The van der Waals surface area contributed by atoms with Gasteiger partial charge in [-0.2, -0.15) is 0 Å². The molecule has 0 radical (unpaired) electrons. The molecular weight excluding hydrogens is 583 g/mol. The van der Waals surface area contributed by atoms with Crippen LogP contribution in [0.1, 0.15) is 65.2 Å². The summed E-state index contributed by atoms with van der Waals surface area (Å²) in [5.74, 6) is 0.699. The van der Waals surface area contributed by atoms with E-state index < -0.39 is 0 Å². The third-order valence-electron chi connectivity index (χ3n) is 9.87. The molecule has 6 rings (SSSR count). The predicted molar refractivity (Wildman–Crippen MR) is 182 cm³/mol. The lowest BCUT2D eigenvalue weighted by molar-refractivity contribution is -0.177. The Hall–Kier alpha value is -3.63. The third kappa shape index (κ3) is 6.88. The first-order chi connectivity index (χ1) is 22.5. The van der Waals surface area contributed by atoms with Crippen LogP contribution in [0.2, 0.25) is 0 Å². The van der Waals surface area contributed by atoms with Gasteiger partial charge < -0.3 is 35.0 Å². The summed E-state index contributed by atoms with van der Waals surface area (Å²) in [5.41, 5.74) is 9.70. The molecule has 3 saturated heterocycles. The minimum atomic E-state index is -0.178. The number of para-hydroxylation sites is 1. The van der Waals surface area contributed by atoms with Gasteiger partial charge in [0.2, 0.25) is 0 Å². The molecule has 3 aliphatic rings. The van der Waals surface area contributed by atoms with E-state index >= 15 is 4.39 Å². The molecule has 2 bridgehead atoms. The number of benzene rings is 2. The Morgan fingerprint density at radius 3 is 2.15 bits per heavy atom. The van der Waals surface area contributed by atoms with Crippen LogP contribution in [0.15, 0.2) is 48.5 Å². The number of nitrogens with two attached hydrogens (primary N) is 1. The minimum absolute atomic E-state index is 0.131. The Morgan fingerprint density at radius 2 is 1.50 bits per heavy atom. The number of unbranched alkanes of at least 4 members (excludes halogenated alkanes) is 2. The van der Waals surface area contributed by atoms with Crippen molar-refractivity contribution in [2.45, 2.75) is 83.6 Å². The number of nitrogen functional groups attached to an aromatic ring is 1. The van der Waals surface area contributed by atoms with Gasteiger partial charge in [-0.25, -0.2) is 4.39 Å². The summed E-state index contributed by atoms with van der Waals surface area (Å²) in [4.78, 5) is 6.75. The van der Waals surface area contributed by atoms with E-state index in [0.29, 0.717) is 47.5 Å². The van der Waals surface area contributed by atoms with Crippen molar-refractivity contribution in [2.75, 3.05) is 59.8 Å². The quantitative estimate of drug-likeness (QED) is 0.159. The first-order valence-electron chi connectivity index (χ1n) is 17.2. The molecule has 2 aromatic carbocycles. The second-order valence-electron chi connectivity index (χ2n) is 13.0. The lowest BCUT2D eigenvalue weighted by atomic mass is 9.95. The van der Waals surface area contributed by atoms with Gasteiger partial charge in [0, 0.05) is 63.0 Å². The maximum Gasteiger partial charge on any atom is 0.169 e. The second kappa shape index (κ2) is 14.9. The smallest absolute Gasteiger partial charge is 0.169 e. The molecule has 248 valence electrons. The Balaban J connectivity index is 1.14. The highest BCUT2D eigenvalue weighted by Crippen LogP contribution is 2.42. The monoisotopic (exact) mass is 632 g/mol. The third-order valence-corrected chi connectivity index (χ3v) is 9.87. The number of hydrogen-bond acceptors (Lipinski definition) is 9. The molecule has 10 heteroatoms. The van der Waals surface area contributed by atoms with Crippen LogP contribution in [0.25, 0.3) is 11.3 Å². The topological polar surface area (TPSA) is 100 Å². The number of halogens is 1. The molecule has 3 fully saturated rings. The lowest BCUT2D eigenvalue weighted by Gasteiger charge is -2.44. The fourth-order valence-corrected chi connectivity index (χ4v) is 7.33. The molecule has 3 N–H and O–H groups in total. The Kier molecular flexibility index (Phi) is 10.4. The number of fused-ring (bicyclic) bond motifs is 2. The highest BCUT2D eigenvalue weighted by atomic mass is 19.1. The summed E-state index contributed by atoms with van der Waals surface area (Å²) in [7, 11) is 0. The van der Waals surface area contributed by atoms with E-state index in [4.69, 9.17) is 15.2 Å². The fourth-order valence-electron chi connectivity index (χ4n) is 7.33. The number of hydrogen-bond donors (Lipinski definition) is 2. The van der Waals surface area contributed by atoms with E-state index in [1.165, 1.54) is 0 Å². The van der Waals surface area contributed by atoms with Gasteiger partial charge in [-0.05, 0) is 68.9 Å². The highest BCUT2D eigenvalue weighted by molar-refractivity contribution is 5.75. The van der Waals surface area contributed by atoms with Crippen LogP contribution in [0, 0.1) is 11.7 Å². The van der Waals surface area contributed by atoms with Crippen molar-refractivity contribution >= 4 is 22.9 Å². The zero-order valence-corrected chi connectivity index (χ0v) is 27.3. The molecule has 0 aliphatic carbocycles. The zero-order valence-electron chi connectivity index (χ0n) is 27.3. The summed E-state index contributed by atoms with van der Waals surface area (Å²) in [6, 6.07) is 15.2. The summed E-state index contributed by atoms with van der Waals surface area (Å²) < 4.78 is 28.8. The molecule has 2 atom stereocenters.